The molecule has 1 aromatic heterocycles. The van der Waals surface area contributed by atoms with Gasteiger partial charge in [0.25, 0.3) is 5.91 Å². The lowest BCUT2D eigenvalue weighted by molar-refractivity contribution is 0.0977. The van der Waals surface area contributed by atoms with Gasteiger partial charge in [-0.2, -0.15) is 0 Å². The highest BCUT2D eigenvalue weighted by Gasteiger charge is 2.11. The van der Waals surface area contributed by atoms with E-state index in [0.717, 1.165) is 33.4 Å². The summed E-state index contributed by atoms with van der Waals surface area (Å²) < 4.78 is 0. The first-order valence-electron chi connectivity index (χ1n) is 9.45. The average molecular weight is 469 g/mol. The normalized spacial score (nSPS) is 10.8. The number of carbonyl (C=O) groups excluding carboxylic acids is 1. The number of hydrogen-bond acceptors (Lipinski definition) is 3. The number of hydrogen-bond donors (Lipinski definition) is 3. The molecule has 0 bridgehead atoms. The third-order valence-electron chi connectivity index (χ3n) is 4.82. The number of amides is 1. The molecule has 8 heteroatoms. The molecule has 3 N–H and O–H groups in total. The molecule has 3 aromatic carbocycles. The van der Waals surface area contributed by atoms with Crippen molar-refractivity contribution in [3.63, 3.8) is 0 Å². The van der Waals surface area contributed by atoms with Gasteiger partial charge in [0.1, 0.15) is 5.82 Å². The maximum Gasteiger partial charge on any atom is 0.257 e. The molecular formula is C23H18Cl2N4OS. The maximum absolute atomic E-state index is 12.4. The van der Waals surface area contributed by atoms with Crippen molar-refractivity contribution >= 4 is 63.2 Å². The third-order valence-corrected chi connectivity index (χ3v) is 5.84. The Balaban J connectivity index is 1.50. The molecule has 0 saturated heterocycles. The molecule has 0 radical (unpaired) electrons. The van der Waals surface area contributed by atoms with Crippen LogP contribution in [0.1, 0.15) is 21.5 Å². The van der Waals surface area contributed by atoms with Gasteiger partial charge in [-0.05, 0) is 73.6 Å². The number of halogens is 2. The number of benzene rings is 3. The fraction of sp³-hybridized carbons (Fsp3) is 0.0870. The first-order valence-corrected chi connectivity index (χ1v) is 10.6. The topological polar surface area (TPSA) is 69.8 Å². The van der Waals surface area contributed by atoms with E-state index >= 15 is 0 Å². The Kier molecular flexibility index (Phi) is 5.96. The highest BCUT2D eigenvalue weighted by Crippen LogP contribution is 2.26. The number of imidazole rings is 1. The lowest BCUT2D eigenvalue weighted by Crippen LogP contribution is -2.34. The number of aromatic nitrogens is 2. The van der Waals surface area contributed by atoms with Crippen molar-refractivity contribution < 1.29 is 4.79 Å². The molecule has 1 heterocycles. The van der Waals surface area contributed by atoms with Crippen LogP contribution in [0.3, 0.4) is 0 Å². The summed E-state index contributed by atoms with van der Waals surface area (Å²) in [4.78, 5) is 20.4. The summed E-state index contributed by atoms with van der Waals surface area (Å²) in [6.45, 7) is 3.83. The van der Waals surface area contributed by atoms with Gasteiger partial charge in [0, 0.05) is 26.9 Å². The third kappa shape index (κ3) is 4.71. The van der Waals surface area contributed by atoms with Crippen molar-refractivity contribution in [2.24, 2.45) is 0 Å². The van der Waals surface area contributed by atoms with Gasteiger partial charge in [-0.1, -0.05) is 41.4 Å². The first-order chi connectivity index (χ1) is 14.8. The van der Waals surface area contributed by atoms with Gasteiger partial charge in [0.15, 0.2) is 5.11 Å². The quantitative estimate of drug-likeness (QED) is 0.309. The molecule has 0 saturated carbocycles. The van der Waals surface area contributed by atoms with E-state index in [0.29, 0.717) is 21.4 Å². The Labute approximate surface area is 194 Å². The zero-order chi connectivity index (χ0) is 22.1. The van der Waals surface area contributed by atoms with Gasteiger partial charge in [-0.25, -0.2) is 4.98 Å². The van der Waals surface area contributed by atoms with Crippen LogP contribution in [0, 0.1) is 13.8 Å². The Hall–Kier alpha value is -2.93. The number of nitrogens with zero attached hydrogens (tertiary/aromatic N) is 1. The fourth-order valence-corrected chi connectivity index (χ4v) is 3.64. The average Bonchev–Trinajstić information content (AvgIpc) is 3.13. The van der Waals surface area contributed by atoms with E-state index in [2.05, 4.69) is 20.6 Å². The van der Waals surface area contributed by atoms with Gasteiger partial charge in [-0.3, -0.25) is 10.1 Å². The Bertz CT molecular complexity index is 1290. The molecule has 0 unspecified atom stereocenters. The molecule has 0 aliphatic heterocycles. The zero-order valence-electron chi connectivity index (χ0n) is 16.7. The van der Waals surface area contributed by atoms with Crippen molar-refractivity contribution in [1.29, 1.82) is 0 Å². The highest BCUT2D eigenvalue weighted by molar-refractivity contribution is 7.80. The molecule has 1 amide bonds. The van der Waals surface area contributed by atoms with Crippen LogP contribution in [0.4, 0.5) is 5.69 Å². The van der Waals surface area contributed by atoms with Crippen LogP contribution in [0.25, 0.3) is 22.4 Å². The SMILES string of the molecule is Cc1ccc(C(=O)NC(=S)Nc2cccc(-c3nc4cc(Cl)c(C)cc4[nH]3)c2)cc1Cl. The molecule has 156 valence electrons. The van der Waals surface area contributed by atoms with E-state index < -0.39 is 0 Å². The second-order valence-electron chi connectivity index (χ2n) is 7.16. The van der Waals surface area contributed by atoms with Gasteiger partial charge >= 0.3 is 0 Å². The summed E-state index contributed by atoms with van der Waals surface area (Å²) in [5.74, 6) is 0.379. The number of thiocarbonyl (C=S) groups is 1. The van der Waals surface area contributed by atoms with Crippen LogP contribution >= 0.6 is 35.4 Å². The number of fused-ring (bicyclic) bond motifs is 1. The molecule has 5 nitrogen and oxygen atoms in total. The number of anilines is 1. The van der Waals surface area contributed by atoms with Gasteiger partial charge in [0.2, 0.25) is 0 Å². The second-order valence-corrected chi connectivity index (χ2v) is 8.38. The van der Waals surface area contributed by atoms with Crippen LogP contribution in [-0.2, 0) is 0 Å². The molecule has 0 aliphatic rings. The molecule has 0 spiro atoms. The van der Waals surface area contributed by atoms with Crippen molar-refractivity contribution in [2.45, 2.75) is 13.8 Å². The largest absolute Gasteiger partial charge is 0.338 e. The lowest BCUT2D eigenvalue weighted by Gasteiger charge is -2.11. The molecule has 0 fully saturated rings. The summed E-state index contributed by atoms with van der Waals surface area (Å²) >= 11 is 17.6. The minimum atomic E-state index is -0.333. The maximum atomic E-state index is 12.4. The standard InChI is InChI=1S/C23H18Cl2N4OS/c1-12-6-7-15(10-17(12)24)22(30)29-23(31)26-16-5-3-4-14(9-16)21-27-19-8-13(2)18(25)11-20(19)28-21/h3-11H,1-2H3,(H,27,28)(H2,26,29,30,31). The van der Waals surface area contributed by atoms with Crippen LogP contribution < -0.4 is 10.6 Å². The fourth-order valence-electron chi connectivity index (χ4n) is 3.09. The van der Waals surface area contributed by atoms with Crippen LogP contribution in [-0.4, -0.2) is 21.0 Å². The van der Waals surface area contributed by atoms with E-state index in [-0.39, 0.29) is 11.0 Å². The number of carbonyl (C=O) groups is 1. The highest BCUT2D eigenvalue weighted by atomic mass is 35.5. The predicted molar refractivity (Wildman–Crippen MR) is 131 cm³/mol. The molecule has 0 atom stereocenters. The van der Waals surface area contributed by atoms with Crippen molar-refractivity contribution in [2.75, 3.05) is 5.32 Å². The summed E-state index contributed by atoms with van der Waals surface area (Å²) in [5, 5.41) is 7.10. The summed E-state index contributed by atoms with van der Waals surface area (Å²) in [6, 6.07) is 16.5. The predicted octanol–water partition coefficient (Wildman–Crippen LogP) is 6.28. The van der Waals surface area contributed by atoms with Crippen LogP contribution in [0.5, 0.6) is 0 Å². The number of H-pyrrole nitrogens is 1. The monoisotopic (exact) mass is 468 g/mol. The zero-order valence-corrected chi connectivity index (χ0v) is 19.0. The van der Waals surface area contributed by atoms with E-state index in [1.807, 2.05) is 50.2 Å². The number of aryl methyl sites for hydroxylation is 2. The number of aromatic amines is 1. The van der Waals surface area contributed by atoms with Gasteiger partial charge < -0.3 is 10.3 Å². The van der Waals surface area contributed by atoms with Crippen LogP contribution in [0.2, 0.25) is 10.0 Å². The van der Waals surface area contributed by atoms with E-state index in [1.54, 1.807) is 18.2 Å². The number of nitrogens with one attached hydrogen (secondary N) is 3. The summed E-state index contributed by atoms with van der Waals surface area (Å²) in [6.07, 6.45) is 0. The second kappa shape index (κ2) is 8.67. The first kappa shape index (κ1) is 21.3. The Morgan fingerprint density at radius 2 is 1.77 bits per heavy atom. The van der Waals surface area contributed by atoms with E-state index in [1.165, 1.54) is 0 Å². The molecule has 31 heavy (non-hydrogen) atoms. The Morgan fingerprint density at radius 1 is 1.00 bits per heavy atom. The lowest BCUT2D eigenvalue weighted by atomic mass is 10.1. The van der Waals surface area contributed by atoms with Crippen molar-refractivity contribution in [1.82, 2.24) is 15.3 Å². The van der Waals surface area contributed by atoms with Gasteiger partial charge in [-0.15, -0.1) is 0 Å². The summed E-state index contributed by atoms with van der Waals surface area (Å²) in [7, 11) is 0. The minimum Gasteiger partial charge on any atom is -0.338 e. The molecule has 4 aromatic rings. The number of rotatable bonds is 3. The van der Waals surface area contributed by atoms with E-state index in [9.17, 15) is 4.79 Å². The van der Waals surface area contributed by atoms with Gasteiger partial charge in [0.05, 0.1) is 11.0 Å². The summed E-state index contributed by atoms with van der Waals surface area (Å²) in [5.41, 5.74) is 5.62. The van der Waals surface area contributed by atoms with Crippen LogP contribution in [0.15, 0.2) is 54.6 Å². The smallest absolute Gasteiger partial charge is 0.257 e. The molecule has 0 aliphatic carbocycles. The molecule has 4 rings (SSSR count). The Morgan fingerprint density at radius 3 is 2.55 bits per heavy atom. The van der Waals surface area contributed by atoms with Crippen molar-refractivity contribution in [3.05, 3.63) is 81.3 Å². The molecular weight excluding hydrogens is 451 g/mol. The van der Waals surface area contributed by atoms with Crippen molar-refractivity contribution in [3.8, 4) is 11.4 Å². The van der Waals surface area contributed by atoms with E-state index in [4.69, 9.17) is 35.4 Å². The minimum absolute atomic E-state index is 0.186.